The number of rotatable bonds is 8. The first kappa shape index (κ1) is 34.8. The number of Topliss-reactive ketones (excluding diaryl/α,β-unsaturated/α-hetero) is 1. The third kappa shape index (κ3) is 4.99. The number of ketones is 1. The predicted octanol–water partition coefficient (Wildman–Crippen LogP) is -2.03. The van der Waals surface area contributed by atoms with Gasteiger partial charge in [0.25, 0.3) is 0 Å². The summed E-state index contributed by atoms with van der Waals surface area (Å²) < 4.78 is 11.1. The SMILES string of the molecule is C[C@@]12C[C@@H](O)[C@@H]3[C@H](CC=C4C[C@@H](O)C[C@@H](O)[C@]43C)[C@H]1C[C@H](O)[C@H]2[C@@](C)(O)C(=O)[C@@H]1C[C@]1(CO)CO[C@H]1O[C@@H](CO)[C@H](O)[C@@H](O)[C@@H]1O. The fourth-order valence-corrected chi connectivity index (χ4v) is 10.9. The van der Waals surface area contributed by atoms with Crippen molar-refractivity contribution in [2.45, 2.75) is 120 Å². The van der Waals surface area contributed by atoms with Gasteiger partial charge in [0.05, 0.1) is 44.2 Å². The molecule has 5 aliphatic carbocycles. The molecule has 10 N–H and O–H groups in total. The largest absolute Gasteiger partial charge is 0.396 e. The minimum absolute atomic E-state index is 0.123. The van der Waals surface area contributed by atoms with Crippen LogP contribution in [0.2, 0.25) is 0 Å². The zero-order valence-electron chi connectivity index (χ0n) is 26.7. The number of fused-ring (bicyclic) bond motifs is 5. The van der Waals surface area contributed by atoms with Crippen LogP contribution in [0.4, 0.5) is 0 Å². The summed E-state index contributed by atoms with van der Waals surface area (Å²) in [5, 5.41) is 107. The van der Waals surface area contributed by atoms with Crippen LogP contribution in [-0.4, -0.2) is 137 Å². The number of hydrogen-bond donors (Lipinski definition) is 10. The van der Waals surface area contributed by atoms with Crippen molar-refractivity contribution in [2.24, 2.45) is 45.8 Å². The Bertz CT molecular complexity index is 1210. The van der Waals surface area contributed by atoms with E-state index in [2.05, 4.69) is 6.08 Å². The maximum absolute atomic E-state index is 14.1. The third-order valence-corrected chi connectivity index (χ3v) is 13.5. The monoisotopic (exact) mass is 656 g/mol. The second kappa shape index (κ2) is 11.8. The van der Waals surface area contributed by atoms with E-state index in [0.29, 0.717) is 19.3 Å². The van der Waals surface area contributed by atoms with Gasteiger partial charge >= 0.3 is 0 Å². The van der Waals surface area contributed by atoms with Crippen molar-refractivity contribution >= 4 is 5.78 Å². The molecule has 6 aliphatic rings. The molecule has 1 heterocycles. The van der Waals surface area contributed by atoms with Gasteiger partial charge in [0.2, 0.25) is 0 Å². The van der Waals surface area contributed by atoms with Gasteiger partial charge < -0.3 is 60.5 Å². The molecule has 0 amide bonds. The highest BCUT2D eigenvalue weighted by Crippen LogP contribution is 2.68. The first-order chi connectivity index (χ1) is 21.5. The second-order valence-electron chi connectivity index (χ2n) is 16.0. The zero-order valence-corrected chi connectivity index (χ0v) is 26.7. The normalized spacial score (nSPS) is 54.6. The van der Waals surface area contributed by atoms with E-state index in [1.165, 1.54) is 6.92 Å². The Balaban J connectivity index is 1.20. The van der Waals surface area contributed by atoms with Gasteiger partial charge in [0.1, 0.15) is 30.0 Å². The Morgan fingerprint density at radius 1 is 1.00 bits per heavy atom. The van der Waals surface area contributed by atoms with Crippen molar-refractivity contribution in [3.05, 3.63) is 11.6 Å². The van der Waals surface area contributed by atoms with E-state index in [1.807, 2.05) is 13.8 Å². The van der Waals surface area contributed by atoms with Crippen molar-refractivity contribution in [1.82, 2.24) is 0 Å². The fourth-order valence-electron chi connectivity index (χ4n) is 10.9. The van der Waals surface area contributed by atoms with E-state index in [9.17, 15) is 55.9 Å². The molecular formula is C33H52O13. The molecule has 6 rings (SSSR count). The van der Waals surface area contributed by atoms with Crippen LogP contribution in [0, 0.1) is 45.8 Å². The molecule has 0 spiro atoms. The topological polar surface area (TPSA) is 238 Å². The summed E-state index contributed by atoms with van der Waals surface area (Å²) in [6, 6.07) is 0. The van der Waals surface area contributed by atoms with Gasteiger partial charge in [-0.3, -0.25) is 4.79 Å². The summed E-state index contributed by atoms with van der Waals surface area (Å²) >= 11 is 0. The van der Waals surface area contributed by atoms with Gasteiger partial charge in [-0.15, -0.1) is 0 Å². The standard InChI is InChI=1S/C33H52O13/c1-30-10-20(38)23-16(5-4-14-6-15(36)7-22(39)31(14,23)2)17(30)8-19(37)27(30)32(3,44)28(43)18-9-33(18,12-35)13-45-29-26(42)25(41)24(40)21(11-34)46-29/h4,15-27,29,34-42,44H,5-13H2,1-3H3/t15-,16-,17-,18+,19+,20-,21+,22-,23+,24+,25-,26+,27-,29+,30-,31+,32-,33+/m1/s1. The van der Waals surface area contributed by atoms with Crippen LogP contribution in [0.25, 0.3) is 0 Å². The van der Waals surface area contributed by atoms with Crippen LogP contribution in [-0.2, 0) is 14.3 Å². The molecule has 1 aliphatic heterocycles. The number of hydrogen-bond acceptors (Lipinski definition) is 13. The molecule has 13 nitrogen and oxygen atoms in total. The first-order valence-electron chi connectivity index (χ1n) is 16.7. The maximum atomic E-state index is 14.1. The second-order valence-corrected chi connectivity index (χ2v) is 16.0. The molecule has 0 aromatic heterocycles. The average Bonchev–Trinajstić information content (AvgIpc) is 3.64. The molecule has 0 aromatic carbocycles. The lowest BCUT2D eigenvalue weighted by atomic mass is 9.45. The lowest BCUT2D eigenvalue weighted by Crippen LogP contribution is -2.62. The minimum atomic E-state index is -2.03. The molecule has 262 valence electrons. The smallest absolute Gasteiger partial charge is 0.186 e. The maximum Gasteiger partial charge on any atom is 0.186 e. The Hall–Kier alpha value is -1.07. The summed E-state index contributed by atoms with van der Waals surface area (Å²) in [6.45, 7) is 3.85. The average molecular weight is 657 g/mol. The summed E-state index contributed by atoms with van der Waals surface area (Å²) in [5.74, 6) is -2.95. The lowest BCUT2D eigenvalue weighted by molar-refractivity contribution is -0.304. The van der Waals surface area contributed by atoms with Crippen molar-refractivity contribution in [2.75, 3.05) is 19.8 Å². The van der Waals surface area contributed by atoms with E-state index >= 15 is 0 Å². The van der Waals surface area contributed by atoms with Gasteiger partial charge in [0, 0.05) is 29.1 Å². The highest BCUT2D eigenvalue weighted by molar-refractivity contribution is 5.92. The summed E-state index contributed by atoms with van der Waals surface area (Å²) in [4.78, 5) is 14.1. The Morgan fingerprint density at radius 2 is 1.70 bits per heavy atom. The molecule has 0 unspecified atom stereocenters. The molecule has 0 aromatic rings. The van der Waals surface area contributed by atoms with E-state index < -0.39 is 108 Å². The Kier molecular flexibility index (Phi) is 8.90. The molecule has 4 saturated carbocycles. The quantitative estimate of drug-likeness (QED) is 0.127. The summed E-state index contributed by atoms with van der Waals surface area (Å²) in [6.07, 6.45) is -6.93. The molecule has 13 heteroatoms. The van der Waals surface area contributed by atoms with Crippen molar-refractivity contribution < 1.29 is 65.3 Å². The van der Waals surface area contributed by atoms with Gasteiger partial charge in [0.15, 0.2) is 12.1 Å². The minimum Gasteiger partial charge on any atom is -0.396 e. The van der Waals surface area contributed by atoms with E-state index in [-0.39, 0.29) is 43.6 Å². The number of aliphatic hydroxyl groups excluding tert-OH is 9. The lowest BCUT2D eigenvalue weighted by Gasteiger charge is -2.61. The van der Waals surface area contributed by atoms with E-state index in [1.54, 1.807) is 0 Å². The highest BCUT2D eigenvalue weighted by atomic mass is 16.7. The van der Waals surface area contributed by atoms with Gasteiger partial charge in [-0.2, -0.15) is 0 Å². The highest BCUT2D eigenvalue weighted by Gasteiger charge is 2.71. The number of aliphatic hydroxyl groups is 10. The summed E-state index contributed by atoms with van der Waals surface area (Å²) in [5.41, 5.74) is -3.78. The fraction of sp³-hybridized carbons (Fsp3) is 0.909. The molecule has 18 atom stereocenters. The summed E-state index contributed by atoms with van der Waals surface area (Å²) in [7, 11) is 0. The first-order valence-corrected chi connectivity index (χ1v) is 16.7. The van der Waals surface area contributed by atoms with E-state index in [4.69, 9.17) is 9.47 Å². The predicted molar refractivity (Wildman–Crippen MR) is 158 cm³/mol. The number of allylic oxidation sites excluding steroid dienone is 1. The van der Waals surface area contributed by atoms with Gasteiger partial charge in [-0.05, 0) is 62.2 Å². The van der Waals surface area contributed by atoms with Gasteiger partial charge in [-0.1, -0.05) is 25.5 Å². The van der Waals surface area contributed by atoms with E-state index in [0.717, 1.165) is 5.57 Å². The van der Waals surface area contributed by atoms with Crippen LogP contribution in [0.5, 0.6) is 0 Å². The Labute approximate surface area is 268 Å². The van der Waals surface area contributed by atoms with Crippen LogP contribution in [0.1, 0.15) is 59.3 Å². The van der Waals surface area contributed by atoms with Crippen LogP contribution in [0.3, 0.4) is 0 Å². The van der Waals surface area contributed by atoms with Crippen molar-refractivity contribution in [1.29, 1.82) is 0 Å². The molecule has 1 saturated heterocycles. The Morgan fingerprint density at radius 3 is 2.35 bits per heavy atom. The molecule has 5 fully saturated rings. The molecule has 46 heavy (non-hydrogen) atoms. The van der Waals surface area contributed by atoms with Crippen LogP contribution >= 0.6 is 0 Å². The zero-order chi connectivity index (χ0) is 33.7. The van der Waals surface area contributed by atoms with Crippen molar-refractivity contribution in [3.63, 3.8) is 0 Å². The third-order valence-electron chi connectivity index (χ3n) is 13.5. The van der Waals surface area contributed by atoms with Crippen LogP contribution < -0.4 is 0 Å². The van der Waals surface area contributed by atoms with Gasteiger partial charge in [-0.25, -0.2) is 0 Å². The number of carbonyl (C=O) groups is 1. The molecule has 0 bridgehead atoms. The van der Waals surface area contributed by atoms with Crippen LogP contribution in [0.15, 0.2) is 11.6 Å². The molecule has 0 radical (unpaired) electrons. The number of carbonyl (C=O) groups excluding carboxylic acids is 1. The number of ether oxygens (including phenoxy) is 2. The molecular weight excluding hydrogens is 604 g/mol. The van der Waals surface area contributed by atoms with Crippen molar-refractivity contribution in [3.8, 4) is 0 Å².